The van der Waals surface area contributed by atoms with Gasteiger partial charge in [0.15, 0.2) is 0 Å². The molecule has 0 aromatic heterocycles. The molecule has 4 saturated carbocycles. The normalized spacial score (nSPS) is 42.7. The van der Waals surface area contributed by atoms with Gasteiger partial charge in [0, 0.05) is 11.8 Å². The van der Waals surface area contributed by atoms with Crippen molar-refractivity contribution in [2.75, 3.05) is 6.61 Å². The zero-order valence-electron chi connectivity index (χ0n) is 26.8. The molecule has 5 fully saturated rings. The van der Waals surface area contributed by atoms with E-state index in [1.54, 1.807) is 0 Å². The number of ether oxygens (including phenoxy) is 3. The van der Waals surface area contributed by atoms with E-state index in [1.165, 1.54) is 44.9 Å². The van der Waals surface area contributed by atoms with Crippen LogP contribution in [0, 0.1) is 57.7 Å². The second kappa shape index (κ2) is 11.5. The lowest BCUT2D eigenvalue weighted by atomic mass is 9.44. The average molecular weight is 573 g/mol. The molecule has 1 heterocycles. The van der Waals surface area contributed by atoms with Gasteiger partial charge < -0.3 is 14.2 Å². The fourth-order valence-corrected chi connectivity index (χ4v) is 10.4. The Bertz CT molecular complexity index is 1000. The number of hydrogen-bond acceptors (Lipinski definition) is 6. The standard InChI is InChI=1S/C35H56O6/c1-8-21(2)31(37)40-24-15-17-34(6)23(19-24)10-11-25-27-13-12-26(35(27,7)18-16-28(25)34)22(3)9-14-29(36)41-30-32(38)39-20-33(30,4)5/h21-28,30H,8-20H2,1-7H3/t21?,22?,23?,24-,25?,26?,27?,28?,30?,34-,35+/m0/s1. The fraction of sp³-hybridized carbons (Fsp3) is 0.914. The number of carbonyl (C=O) groups excluding carboxylic acids is 3. The highest BCUT2D eigenvalue weighted by molar-refractivity contribution is 5.81. The number of cyclic esters (lactones) is 1. The van der Waals surface area contributed by atoms with Crippen LogP contribution in [-0.4, -0.2) is 36.7 Å². The smallest absolute Gasteiger partial charge is 0.348 e. The van der Waals surface area contributed by atoms with Crippen LogP contribution in [0.15, 0.2) is 0 Å². The molecule has 0 N–H and O–H groups in total. The molecular formula is C35H56O6. The Hall–Kier alpha value is -1.59. The minimum absolute atomic E-state index is 0.00309. The molecule has 5 rings (SSSR count). The molecule has 0 radical (unpaired) electrons. The number of esters is 3. The first-order valence-corrected chi connectivity index (χ1v) is 16.9. The van der Waals surface area contributed by atoms with Crippen molar-refractivity contribution in [3.8, 4) is 0 Å². The van der Waals surface area contributed by atoms with Crippen molar-refractivity contribution in [3.63, 3.8) is 0 Å². The Morgan fingerprint density at radius 2 is 1.63 bits per heavy atom. The van der Waals surface area contributed by atoms with E-state index >= 15 is 0 Å². The van der Waals surface area contributed by atoms with E-state index in [1.807, 2.05) is 20.8 Å². The Morgan fingerprint density at radius 1 is 0.927 bits per heavy atom. The molecule has 0 bridgehead atoms. The first kappa shape index (κ1) is 30.9. The van der Waals surface area contributed by atoms with Gasteiger partial charge in [-0.3, -0.25) is 9.59 Å². The van der Waals surface area contributed by atoms with Gasteiger partial charge in [0.2, 0.25) is 6.10 Å². The van der Waals surface area contributed by atoms with E-state index in [4.69, 9.17) is 14.2 Å². The molecule has 6 heteroatoms. The Labute approximate surface area is 248 Å². The summed E-state index contributed by atoms with van der Waals surface area (Å²) >= 11 is 0. The van der Waals surface area contributed by atoms with Gasteiger partial charge in [-0.15, -0.1) is 0 Å². The van der Waals surface area contributed by atoms with Gasteiger partial charge in [-0.25, -0.2) is 4.79 Å². The summed E-state index contributed by atoms with van der Waals surface area (Å²) < 4.78 is 16.8. The second-order valence-electron chi connectivity index (χ2n) is 16.0. The van der Waals surface area contributed by atoms with Crippen molar-refractivity contribution in [3.05, 3.63) is 0 Å². The Morgan fingerprint density at radius 3 is 2.32 bits per heavy atom. The average Bonchev–Trinajstić information content (AvgIpc) is 3.42. The van der Waals surface area contributed by atoms with Crippen molar-refractivity contribution in [2.45, 2.75) is 138 Å². The van der Waals surface area contributed by atoms with Crippen molar-refractivity contribution in [1.29, 1.82) is 0 Å². The third kappa shape index (κ3) is 5.59. The van der Waals surface area contributed by atoms with Crippen molar-refractivity contribution >= 4 is 17.9 Å². The predicted molar refractivity (Wildman–Crippen MR) is 158 cm³/mol. The van der Waals surface area contributed by atoms with Crippen LogP contribution in [0.2, 0.25) is 0 Å². The molecule has 0 aromatic carbocycles. The zero-order valence-corrected chi connectivity index (χ0v) is 26.8. The first-order chi connectivity index (χ1) is 19.3. The van der Waals surface area contributed by atoms with Gasteiger partial charge in [0.1, 0.15) is 12.7 Å². The van der Waals surface area contributed by atoms with Gasteiger partial charge >= 0.3 is 17.9 Å². The molecule has 0 spiro atoms. The maximum absolute atomic E-state index is 12.7. The molecule has 11 atom stereocenters. The summed E-state index contributed by atoms with van der Waals surface area (Å²) in [5.74, 6) is 3.42. The summed E-state index contributed by atoms with van der Waals surface area (Å²) in [6, 6.07) is 0. The summed E-state index contributed by atoms with van der Waals surface area (Å²) in [4.78, 5) is 37.3. The quantitative estimate of drug-likeness (QED) is 0.221. The molecule has 1 saturated heterocycles. The zero-order chi connectivity index (χ0) is 29.7. The molecule has 4 aliphatic carbocycles. The van der Waals surface area contributed by atoms with Crippen LogP contribution in [0.4, 0.5) is 0 Å². The van der Waals surface area contributed by atoms with Gasteiger partial charge in [-0.2, -0.15) is 0 Å². The lowest BCUT2D eigenvalue weighted by molar-refractivity contribution is -0.166. The lowest BCUT2D eigenvalue weighted by Crippen LogP contribution is -2.54. The largest absolute Gasteiger partial charge is 0.462 e. The highest BCUT2D eigenvalue weighted by Crippen LogP contribution is 2.68. The number of carbonyl (C=O) groups is 3. The van der Waals surface area contributed by atoms with E-state index in [0.717, 1.165) is 43.4 Å². The molecular weight excluding hydrogens is 516 g/mol. The van der Waals surface area contributed by atoms with Crippen LogP contribution in [-0.2, 0) is 28.6 Å². The minimum atomic E-state index is -0.785. The maximum Gasteiger partial charge on any atom is 0.348 e. The minimum Gasteiger partial charge on any atom is -0.462 e. The Balaban J connectivity index is 1.17. The monoisotopic (exact) mass is 572 g/mol. The van der Waals surface area contributed by atoms with Crippen LogP contribution < -0.4 is 0 Å². The van der Waals surface area contributed by atoms with Crippen LogP contribution in [0.3, 0.4) is 0 Å². The second-order valence-corrected chi connectivity index (χ2v) is 16.0. The SMILES string of the molecule is CCC(C)C(=O)O[C@H]1CC[C@@]2(C)C(CCC3C4CCC(C(C)CCC(=O)OC5C(=O)OCC5(C)C)[C@@]4(C)CCC32)C1. The molecule has 0 amide bonds. The molecule has 0 aromatic rings. The summed E-state index contributed by atoms with van der Waals surface area (Å²) in [5, 5.41) is 0. The molecule has 232 valence electrons. The van der Waals surface area contributed by atoms with Gasteiger partial charge in [-0.1, -0.05) is 48.5 Å². The van der Waals surface area contributed by atoms with Crippen molar-refractivity contribution < 1.29 is 28.6 Å². The maximum atomic E-state index is 12.7. The third-order valence-corrected chi connectivity index (χ3v) is 13.2. The summed E-state index contributed by atoms with van der Waals surface area (Å²) in [6.45, 7) is 15.6. The molecule has 5 aliphatic rings. The number of rotatable bonds is 8. The van der Waals surface area contributed by atoms with E-state index in [2.05, 4.69) is 27.7 Å². The topological polar surface area (TPSA) is 78.9 Å². The number of fused-ring (bicyclic) bond motifs is 5. The molecule has 41 heavy (non-hydrogen) atoms. The molecule has 8 unspecified atom stereocenters. The van der Waals surface area contributed by atoms with Crippen molar-refractivity contribution in [2.24, 2.45) is 57.7 Å². The van der Waals surface area contributed by atoms with E-state index in [9.17, 15) is 14.4 Å². The molecule has 1 aliphatic heterocycles. The summed E-state index contributed by atoms with van der Waals surface area (Å²) in [6.07, 6.45) is 12.4. The molecule has 6 nitrogen and oxygen atoms in total. The van der Waals surface area contributed by atoms with Crippen LogP contribution >= 0.6 is 0 Å². The van der Waals surface area contributed by atoms with Gasteiger partial charge in [0.05, 0.1) is 5.92 Å². The number of hydrogen-bond donors (Lipinski definition) is 0. The van der Waals surface area contributed by atoms with Crippen LogP contribution in [0.1, 0.15) is 126 Å². The van der Waals surface area contributed by atoms with Gasteiger partial charge in [0.25, 0.3) is 0 Å². The van der Waals surface area contributed by atoms with Crippen LogP contribution in [0.5, 0.6) is 0 Å². The Kier molecular flexibility index (Phi) is 8.64. The van der Waals surface area contributed by atoms with Gasteiger partial charge in [-0.05, 0) is 117 Å². The van der Waals surface area contributed by atoms with Crippen LogP contribution in [0.25, 0.3) is 0 Å². The van der Waals surface area contributed by atoms with E-state index < -0.39 is 17.5 Å². The first-order valence-electron chi connectivity index (χ1n) is 16.9. The summed E-state index contributed by atoms with van der Waals surface area (Å²) in [5.41, 5.74) is 0.246. The fourth-order valence-electron chi connectivity index (χ4n) is 10.4. The summed E-state index contributed by atoms with van der Waals surface area (Å²) in [7, 11) is 0. The highest BCUT2D eigenvalue weighted by atomic mass is 16.6. The third-order valence-electron chi connectivity index (χ3n) is 13.2. The highest BCUT2D eigenvalue weighted by Gasteiger charge is 2.60. The van der Waals surface area contributed by atoms with Crippen molar-refractivity contribution in [1.82, 2.24) is 0 Å². The predicted octanol–water partition coefficient (Wildman–Crippen LogP) is 7.51. The van der Waals surface area contributed by atoms with E-state index in [-0.39, 0.29) is 24.0 Å². The lowest BCUT2D eigenvalue weighted by Gasteiger charge is -2.61. The van der Waals surface area contributed by atoms with E-state index in [0.29, 0.717) is 41.6 Å².